The van der Waals surface area contributed by atoms with Crippen LogP contribution in [0.2, 0.25) is 0 Å². The van der Waals surface area contributed by atoms with Crippen molar-refractivity contribution in [2.75, 3.05) is 6.54 Å². The van der Waals surface area contributed by atoms with Crippen LogP contribution in [0.3, 0.4) is 0 Å². The highest BCUT2D eigenvalue weighted by Gasteiger charge is 2.23. The Balaban J connectivity index is 2.35. The lowest BCUT2D eigenvalue weighted by Crippen LogP contribution is -2.35. The minimum Gasteiger partial charge on any atom is -0.355 e. The number of hydrogen-bond donors (Lipinski definition) is 1. The van der Waals surface area contributed by atoms with Gasteiger partial charge in [-0.05, 0) is 22.4 Å². The summed E-state index contributed by atoms with van der Waals surface area (Å²) in [5.74, 6) is 0.0256. The molecule has 0 aliphatic carbocycles. The molecule has 1 aromatic carbocycles. The van der Waals surface area contributed by atoms with Gasteiger partial charge in [-0.25, -0.2) is 0 Å². The number of benzene rings is 1. The quantitative estimate of drug-likeness (QED) is 0.885. The van der Waals surface area contributed by atoms with E-state index in [0.29, 0.717) is 6.54 Å². The lowest BCUT2D eigenvalue weighted by atomic mass is 9.84. The van der Waals surface area contributed by atoms with Gasteiger partial charge in [-0.2, -0.15) is 0 Å². The highest BCUT2D eigenvalue weighted by atomic mass is 32.1. The third-order valence-corrected chi connectivity index (χ3v) is 3.95. The summed E-state index contributed by atoms with van der Waals surface area (Å²) in [6.45, 7) is 6.56. The molecule has 0 saturated heterocycles. The second kappa shape index (κ2) is 4.49. The molecule has 0 radical (unpaired) electrons. The molecule has 0 bridgehead atoms. The molecule has 2 nitrogen and oxygen atoms in total. The van der Waals surface area contributed by atoms with Crippen LogP contribution in [-0.2, 0) is 10.2 Å². The number of carbonyl (C=O) groups excluding carboxylic acids is 1. The van der Waals surface area contributed by atoms with Gasteiger partial charge in [0.15, 0.2) is 0 Å². The molecular weight excluding hydrogens is 230 g/mol. The molecule has 1 N–H and O–H groups in total. The Morgan fingerprint density at radius 2 is 2.06 bits per heavy atom. The van der Waals surface area contributed by atoms with Gasteiger partial charge in [-0.3, -0.25) is 4.79 Å². The van der Waals surface area contributed by atoms with E-state index in [1.165, 1.54) is 15.6 Å². The lowest BCUT2D eigenvalue weighted by molar-refractivity contribution is -0.119. The number of amides is 1. The Labute approximate surface area is 106 Å². The van der Waals surface area contributed by atoms with Crippen molar-refractivity contribution in [3.8, 4) is 0 Å². The fourth-order valence-electron chi connectivity index (χ4n) is 1.94. The van der Waals surface area contributed by atoms with Gasteiger partial charge in [0, 0.05) is 23.6 Å². The Bertz CT molecular complexity index is 542. The summed E-state index contributed by atoms with van der Waals surface area (Å²) in [6, 6.07) is 8.41. The van der Waals surface area contributed by atoms with Crippen LogP contribution >= 0.6 is 11.3 Å². The molecule has 0 atom stereocenters. The lowest BCUT2D eigenvalue weighted by Gasteiger charge is -2.24. The Kier molecular flexibility index (Phi) is 3.20. The van der Waals surface area contributed by atoms with Crippen molar-refractivity contribution >= 4 is 27.3 Å². The largest absolute Gasteiger partial charge is 0.355 e. The SMILES string of the molecule is CC(=O)NCC(C)(C)c1csc2ccccc12. The summed E-state index contributed by atoms with van der Waals surface area (Å²) in [6.07, 6.45) is 0. The maximum absolute atomic E-state index is 11.0. The van der Waals surface area contributed by atoms with Crippen molar-refractivity contribution in [2.24, 2.45) is 0 Å². The van der Waals surface area contributed by atoms with E-state index in [1.54, 1.807) is 18.3 Å². The normalized spacial score (nSPS) is 11.7. The van der Waals surface area contributed by atoms with Gasteiger partial charge in [-0.1, -0.05) is 32.0 Å². The highest BCUT2D eigenvalue weighted by molar-refractivity contribution is 7.17. The van der Waals surface area contributed by atoms with Gasteiger partial charge in [0.25, 0.3) is 0 Å². The third-order valence-electron chi connectivity index (χ3n) is 2.99. The summed E-state index contributed by atoms with van der Waals surface area (Å²) < 4.78 is 1.30. The molecule has 17 heavy (non-hydrogen) atoms. The van der Waals surface area contributed by atoms with Gasteiger partial charge >= 0.3 is 0 Å². The van der Waals surface area contributed by atoms with Gasteiger partial charge < -0.3 is 5.32 Å². The number of rotatable bonds is 3. The van der Waals surface area contributed by atoms with Crippen molar-refractivity contribution in [1.29, 1.82) is 0 Å². The summed E-state index contributed by atoms with van der Waals surface area (Å²) in [5.41, 5.74) is 1.28. The van der Waals surface area contributed by atoms with Crippen LogP contribution in [0, 0.1) is 0 Å². The van der Waals surface area contributed by atoms with E-state index in [2.05, 4.69) is 48.8 Å². The van der Waals surface area contributed by atoms with E-state index in [1.807, 2.05) is 0 Å². The third kappa shape index (κ3) is 2.50. The molecule has 0 fully saturated rings. The van der Waals surface area contributed by atoms with E-state index in [0.717, 1.165) is 0 Å². The first kappa shape index (κ1) is 12.1. The standard InChI is InChI=1S/C14H17NOS/c1-10(16)15-9-14(2,3)12-8-17-13-7-5-4-6-11(12)13/h4-8H,9H2,1-3H3,(H,15,16). The minimum atomic E-state index is -0.0364. The first-order valence-corrected chi connectivity index (χ1v) is 6.60. The van der Waals surface area contributed by atoms with Crippen LogP contribution in [0.25, 0.3) is 10.1 Å². The zero-order valence-electron chi connectivity index (χ0n) is 10.4. The number of hydrogen-bond acceptors (Lipinski definition) is 2. The second-order valence-corrected chi connectivity index (χ2v) is 5.85. The maximum atomic E-state index is 11.0. The Morgan fingerprint density at radius 1 is 1.35 bits per heavy atom. The number of nitrogens with one attached hydrogen (secondary N) is 1. The van der Waals surface area contributed by atoms with Gasteiger partial charge in [-0.15, -0.1) is 11.3 Å². The fourth-order valence-corrected chi connectivity index (χ4v) is 3.10. The number of thiophene rings is 1. The van der Waals surface area contributed by atoms with Crippen LogP contribution in [0.1, 0.15) is 26.3 Å². The monoisotopic (exact) mass is 247 g/mol. The Hall–Kier alpha value is -1.35. The minimum absolute atomic E-state index is 0.0256. The van der Waals surface area contributed by atoms with Gasteiger partial charge in [0.1, 0.15) is 0 Å². The van der Waals surface area contributed by atoms with E-state index in [4.69, 9.17) is 0 Å². The van der Waals surface area contributed by atoms with E-state index < -0.39 is 0 Å². The first-order valence-electron chi connectivity index (χ1n) is 5.72. The molecule has 2 rings (SSSR count). The van der Waals surface area contributed by atoms with Crippen LogP contribution in [-0.4, -0.2) is 12.5 Å². The summed E-state index contributed by atoms with van der Waals surface area (Å²) in [4.78, 5) is 11.0. The molecule has 1 heterocycles. The van der Waals surface area contributed by atoms with E-state index in [-0.39, 0.29) is 11.3 Å². The van der Waals surface area contributed by atoms with Crippen molar-refractivity contribution in [1.82, 2.24) is 5.32 Å². The Morgan fingerprint density at radius 3 is 2.76 bits per heavy atom. The molecule has 1 aromatic heterocycles. The van der Waals surface area contributed by atoms with Crippen LogP contribution < -0.4 is 5.32 Å². The number of carbonyl (C=O) groups is 1. The van der Waals surface area contributed by atoms with Crippen molar-refractivity contribution in [2.45, 2.75) is 26.2 Å². The molecule has 0 aliphatic heterocycles. The molecule has 0 aliphatic rings. The molecule has 0 saturated carbocycles. The summed E-state index contributed by atoms with van der Waals surface area (Å²) in [7, 11) is 0. The molecule has 1 amide bonds. The molecule has 90 valence electrons. The zero-order chi connectivity index (χ0) is 12.5. The van der Waals surface area contributed by atoms with E-state index in [9.17, 15) is 4.79 Å². The van der Waals surface area contributed by atoms with Crippen molar-refractivity contribution in [3.63, 3.8) is 0 Å². The number of fused-ring (bicyclic) bond motifs is 1. The van der Waals surface area contributed by atoms with Crippen molar-refractivity contribution in [3.05, 3.63) is 35.2 Å². The molecule has 0 spiro atoms. The smallest absolute Gasteiger partial charge is 0.216 e. The topological polar surface area (TPSA) is 29.1 Å². The van der Waals surface area contributed by atoms with E-state index >= 15 is 0 Å². The molecule has 3 heteroatoms. The second-order valence-electron chi connectivity index (χ2n) is 4.94. The summed E-state index contributed by atoms with van der Waals surface area (Å²) in [5, 5.41) is 6.40. The average molecular weight is 247 g/mol. The van der Waals surface area contributed by atoms with Crippen LogP contribution in [0.15, 0.2) is 29.6 Å². The fraction of sp³-hybridized carbons (Fsp3) is 0.357. The van der Waals surface area contributed by atoms with Crippen LogP contribution in [0.5, 0.6) is 0 Å². The van der Waals surface area contributed by atoms with Crippen molar-refractivity contribution < 1.29 is 4.79 Å². The highest BCUT2D eigenvalue weighted by Crippen LogP contribution is 2.34. The molecule has 0 unspecified atom stereocenters. The predicted molar refractivity (Wildman–Crippen MR) is 73.5 cm³/mol. The summed E-state index contributed by atoms with van der Waals surface area (Å²) >= 11 is 1.76. The van der Waals surface area contributed by atoms with Gasteiger partial charge in [0.05, 0.1) is 0 Å². The first-order chi connectivity index (χ1) is 8.00. The average Bonchev–Trinajstić information content (AvgIpc) is 2.71. The predicted octanol–water partition coefficient (Wildman–Crippen LogP) is 3.32. The molecular formula is C14H17NOS. The zero-order valence-corrected chi connectivity index (χ0v) is 11.2. The van der Waals surface area contributed by atoms with Crippen LogP contribution in [0.4, 0.5) is 0 Å². The van der Waals surface area contributed by atoms with Gasteiger partial charge in [0.2, 0.25) is 5.91 Å². The maximum Gasteiger partial charge on any atom is 0.216 e. The molecule has 2 aromatic rings.